The van der Waals surface area contributed by atoms with E-state index in [2.05, 4.69) is 4.98 Å². The molecule has 19 heavy (non-hydrogen) atoms. The second-order valence-corrected chi connectivity index (χ2v) is 4.37. The molecular formula is C14H9ClFNO2. The number of carbonyl (C=O) groups excluding carboxylic acids is 2. The molecule has 0 fully saturated rings. The summed E-state index contributed by atoms with van der Waals surface area (Å²) in [6, 6.07) is 7.61. The average molecular weight is 278 g/mol. The molecule has 0 atom stereocenters. The lowest BCUT2D eigenvalue weighted by Crippen LogP contribution is -2.15. The highest BCUT2D eigenvalue weighted by molar-refractivity contribution is 6.49. The van der Waals surface area contributed by atoms with Gasteiger partial charge in [0.05, 0.1) is 0 Å². The standard InChI is InChI=1S/C14H9ClFNO2/c1-8-6-10(7-12(15)17-8)14(19)13(18)9-2-4-11(16)5-3-9/h2-7H,1H3. The van der Waals surface area contributed by atoms with Crippen molar-refractivity contribution in [2.75, 3.05) is 0 Å². The lowest BCUT2D eigenvalue weighted by atomic mass is 10.0. The van der Waals surface area contributed by atoms with Crippen molar-refractivity contribution in [1.82, 2.24) is 4.98 Å². The fourth-order valence-electron chi connectivity index (χ4n) is 1.62. The average Bonchev–Trinajstić information content (AvgIpc) is 2.37. The van der Waals surface area contributed by atoms with Gasteiger partial charge in [-0.2, -0.15) is 0 Å². The molecule has 3 nitrogen and oxygen atoms in total. The van der Waals surface area contributed by atoms with Gasteiger partial charge in [0.15, 0.2) is 0 Å². The van der Waals surface area contributed by atoms with Gasteiger partial charge in [0, 0.05) is 16.8 Å². The molecule has 0 saturated heterocycles. The number of rotatable bonds is 3. The Morgan fingerprint density at radius 3 is 2.21 bits per heavy atom. The molecule has 2 rings (SSSR count). The molecule has 0 amide bonds. The van der Waals surface area contributed by atoms with Crippen LogP contribution in [0, 0.1) is 12.7 Å². The van der Waals surface area contributed by atoms with Crippen LogP contribution in [0.3, 0.4) is 0 Å². The maximum absolute atomic E-state index is 12.8. The van der Waals surface area contributed by atoms with E-state index in [1.165, 1.54) is 24.3 Å². The fourth-order valence-corrected chi connectivity index (χ4v) is 1.87. The molecule has 0 N–H and O–H groups in total. The van der Waals surface area contributed by atoms with E-state index in [-0.39, 0.29) is 16.3 Å². The first-order valence-electron chi connectivity index (χ1n) is 5.46. The van der Waals surface area contributed by atoms with Crippen molar-refractivity contribution in [3.8, 4) is 0 Å². The lowest BCUT2D eigenvalue weighted by Gasteiger charge is -2.02. The van der Waals surface area contributed by atoms with Crippen LogP contribution in [0.2, 0.25) is 5.15 Å². The number of aryl methyl sites for hydroxylation is 1. The van der Waals surface area contributed by atoms with Crippen molar-refractivity contribution < 1.29 is 14.0 Å². The molecule has 96 valence electrons. The minimum atomic E-state index is -0.707. The third-order valence-electron chi connectivity index (χ3n) is 2.50. The molecule has 0 saturated carbocycles. The quantitative estimate of drug-likeness (QED) is 0.491. The number of ketones is 2. The summed E-state index contributed by atoms with van der Waals surface area (Å²) in [7, 11) is 0. The molecule has 2 aromatic rings. The van der Waals surface area contributed by atoms with Gasteiger partial charge in [-0.25, -0.2) is 9.37 Å². The first-order chi connectivity index (χ1) is 8.97. The predicted octanol–water partition coefficient (Wildman–Crippen LogP) is 3.25. The monoisotopic (exact) mass is 277 g/mol. The first kappa shape index (κ1) is 13.4. The van der Waals surface area contributed by atoms with Crippen LogP contribution in [0.1, 0.15) is 26.4 Å². The van der Waals surface area contributed by atoms with E-state index in [0.717, 1.165) is 12.1 Å². The van der Waals surface area contributed by atoms with Crippen LogP contribution in [0.25, 0.3) is 0 Å². The Morgan fingerprint density at radius 1 is 1.05 bits per heavy atom. The van der Waals surface area contributed by atoms with Gasteiger partial charge < -0.3 is 0 Å². The molecular weight excluding hydrogens is 269 g/mol. The van der Waals surface area contributed by atoms with Crippen LogP contribution < -0.4 is 0 Å². The van der Waals surface area contributed by atoms with Gasteiger partial charge in [-0.15, -0.1) is 0 Å². The summed E-state index contributed by atoms with van der Waals surface area (Å²) in [6.45, 7) is 1.67. The smallest absolute Gasteiger partial charge is 0.233 e. The molecule has 1 aromatic heterocycles. The SMILES string of the molecule is Cc1cc(C(=O)C(=O)c2ccc(F)cc2)cc(Cl)n1. The Kier molecular flexibility index (Phi) is 3.71. The Bertz CT molecular complexity index is 633. The van der Waals surface area contributed by atoms with Crippen molar-refractivity contribution in [1.29, 1.82) is 0 Å². The van der Waals surface area contributed by atoms with Crippen molar-refractivity contribution >= 4 is 23.2 Å². The predicted molar refractivity (Wildman–Crippen MR) is 69.0 cm³/mol. The molecule has 0 aliphatic heterocycles. The van der Waals surface area contributed by atoms with Crippen LogP contribution in [0.4, 0.5) is 4.39 Å². The molecule has 1 aromatic carbocycles. The molecule has 5 heteroatoms. The molecule has 0 aliphatic carbocycles. The fraction of sp³-hybridized carbons (Fsp3) is 0.0714. The number of nitrogens with zero attached hydrogens (tertiary/aromatic N) is 1. The van der Waals surface area contributed by atoms with E-state index in [0.29, 0.717) is 5.69 Å². The lowest BCUT2D eigenvalue weighted by molar-refractivity contribution is 0.0817. The molecule has 0 bridgehead atoms. The first-order valence-corrected chi connectivity index (χ1v) is 5.84. The van der Waals surface area contributed by atoms with Crippen molar-refractivity contribution in [3.05, 3.63) is 64.2 Å². The van der Waals surface area contributed by atoms with Crippen molar-refractivity contribution in [2.24, 2.45) is 0 Å². The highest BCUT2D eigenvalue weighted by Gasteiger charge is 2.19. The minimum absolute atomic E-state index is 0.136. The van der Waals surface area contributed by atoms with Gasteiger partial charge >= 0.3 is 0 Å². The molecule has 0 spiro atoms. The van der Waals surface area contributed by atoms with Gasteiger partial charge in [0.1, 0.15) is 11.0 Å². The number of halogens is 2. The van der Waals surface area contributed by atoms with E-state index in [1.807, 2.05) is 0 Å². The Morgan fingerprint density at radius 2 is 1.63 bits per heavy atom. The summed E-state index contributed by atoms with van der Waals surface area (Å²) in [6.07, 6.45) is 0. The zero-order valence-electron chi connectivity index (χ0n) is 9.98. The zero-order chi connectivity index (χ0) is 14.0. The highest BCUT2D eigenvalue weighted by atomic mass is 35.5. The topological polar surface area (TPSA) is 47.0 Å². The minimum Gasteiger partial charge on any atom is -0.285 e. The number of pyridine rings is 1. The Balaban J connectivity index is 2.33. The largest absolute Gasteiger partial charge is 0.285 e. The number of hydrogen-bond donors (Lipinski definition) is 0. The van der Waals surface area contributed by atoms with E-state index in [9.17, 15) is 14.0 Å². The van der Waals surface area contributed by atoms with E-state index >= 15 is 0 Å². The second-order valence-electron chi connectivity index (χ2n) is 3.99. The summed E-state index contributed by atoms with van der Waals surface area (Å²) in [5.74, 6) is -1.87. The second kappa shape index (κ2) is 5.28. The van der Waals surface area contributed by atoms with Crippen LogP contribution in [-0.4, -0.2) is 16.6 Å². The van der Waals surface area contributed by atoms with Crippen LogP contribution in [-0.2, 0) is 0 Å². The summed E-state index contributed by atoms with van der Waals surface area (Å²) in [5.41, 5.74) is 0.853. The third kappa shape index (κ3) is 3.03. The molecule has 0 aliphatic rings. The molecule has 0 radical (unpaired) electrons. The summed E-state index contributed by atoms with van der Waals surface area (Å²) in [4.78, 5) is 27.9. The van der Waals surface area contributed by atoms with Crippen LogP contribution in [0.5, 0.6) is 0 Å². The van der Waals surface area contributed by atoms with Crippen molar-refractivity contribution in [2.45, 2.75) is 6.92 Å². The maximum atomic E-state index is 12.8. The van der Waals surface area contributed by atoms with Gasteiger partial charge in [0.2, 0.25) is 11.6 Å². The number of benzene rings is 1. The normalized spacial score (nSPS) is 10.3. The van der Waals surface area contributed by atoms with Crippen LogP contribution in [0.15, 0.2) is 36.4 Å². The zero-order valence-corrected chi connectivity index (χ0v) is 10.7. The highest BCUT2D eigenvalue weighted by Crippen LogP contribution is 2.14. The Hall–Kier alpha value is -2.07. The number of aromatic nitrogens is 1. The van der Waals surface area contributed by atoms with Gasteiger partial charge in [-0.3, -0.25) is 9.59 Å². The maximum Gasteiger partial charge on any atom is 0.233 e. The molecule has 1 heterocycles. The number of carbonyl (C=O) groups is 2. The van der Waals surface area contributed by atoms with E-state index in [4.69, 9.17) is 11.6 Å². The van der Waals surface area contributed by atoms with Gasteiger partial charge in [-0.1, -0.05) is 11.6 Å². The third-order valence-corrected chi connectivity index (χ3v) is 2.69. The summed E-state index contributed by atoms with van der Waals surface area (Å²) >= 11 is 5.74. The van der Waals surface area contributed by atoms with Gasteiger partial charge in [0.25, 0.3) is 0 Å². The van der Waals surface area contributed by atoms with E-state index < -0.39 is 17.4 Å². The summed E-state index contributed by atoms with van der Waals surface area (Å²) < 4.78 is 12.8. The van der Waals surface area contributed by atoms with Gasteiger partial charge in [-0.05, 0) is 43.3 Å². The molecule has 0 unspecified atom stereocenters. The van der Waals surface area contributed by atoms with E-state index in [1.54, 1.807) is 6.92 Å². The van der Waals surface area contributed by atoms with Crippen LogP contribution >= 0.6 is 11.6 Å². The number of Topliss-reactive ketones (excluding diaryl/α,β-unsaturated/α-hetero) is 2. The Labute approximate surface area is 114 Å². The van der Waals surface area contributed by atoms with Crippen molar-refractivity contribution in [3.63, 3.8) is 0 Å². The number of hydrogen-bond acceptors (Lipinski definition) is 3. The summed E-state index contributed by atoms with van der Waals surface area (Å²) in [5, 5.41) is 0.148.